The van der Waals surface area contributed by atoms with Gasteiger partial charge in [-0.15, -0.1) is 0 Å². The van der Waals surface area contributed by atoms with Crippen molar-refractivity contribution in [1.82, 2.24) is 20.6 Å². The minimum Gasteiger partial charge on any atom is -0.388 e. The van der Waals surface area contributed by atoms with Crippen molar-refractivity contribution in [3.05, 3.63) is 132 Å². The molecular weight excluding hydrogens is 480 g/mol. The lowest BCUT2D eigenvalue weighted by Crippen LogP contribution is -2.57. The van der Waals surface area contributed by atoms with Crippen LogP contribution in [-0.2, 0) is 12.8 Å². The Morgan fingerprint density at radius 1 is 0.579 bits per heavy atom. The molecule has 38 heavy (non-hydrogen) atoms. The molecule has 2 amide bonds. The normalized spacial score (nSPS) is 14.1. The molecule has 0 fully saturated rings. The van der Waals surface area contributed by atoms with Crippen molar-refractivity contribution in [3.63, 3.8) is 0 Å². The predicted molar refractivity (Wildman–Crippen MR) is 143 cm³/mol. The predicted octanol–water partition coefficient (Wildman–Crippen LogP) is 2.58. The van der Waals surface area contributed by atoms with Gasteiger partial charge in [0.05, 0.1) is 12.1 Å². The molecule has 0 saturated carbocycles. The second-order valence-electron chi connectivity index (χ2n) is 8.99. The summed E-state index contributed by atoms with van der Waals surface area (Å²) in [7, 11) is 0. The quantitative estimate of drug-likeness (QED) is 0.246. The van der Waals surface area contributed by atoms with Gasteiger partial charge in [-0.1, -0.05) is 60.7 Å². The number of nitrogens with one attached hydrogen (secondary N) is 2. The Bertz CT molecular complexity index is 1190. The maximum atomic E-state index is 13.0. The Morgan fingerprint density at radius 3 is 1.26 bits per heavy atom. The third-order valence-corrected chi connectivity index (χ3v) is 6.29. The number of rotatable bonds is 11. The molecule has 2 heterocycles. The molecule has 8 nitrogen and oxygen atoms in total. The summed E-state index contributed by atoms with van der Waals surface area (Å²) in [5.74, 6) is -0.806. The lowest BCUT2D eigenvalue weighted by Gasteiger charge is -2.33. The molecule has 194 valence electrons. The van der Waals surface area contributed by atoms with Gasteiger partial charge in [0.25, 0.3) is 11.8 Å². The first kappa shape index (κ1) is 26.7. The van der Waals surface area contributed by atoms with Gasteiger partial charge in [0.15, 0.2) is 0 Å². The summed E-state index contributed by atoms with van der Waals surface area (Å²) >= 11 is 0. The highest BCUT2D eigenvalue weighted by Gasteiger charge is 2.34. The number of benzene rings is 2. The number of carbonyl (C=O) groups is 2. The van der Waals surface area contributed by atoms with E-state index in [1.54, 1.807) is 24.3 Å². The van der Waals surface area contributed by atoms with Gasteiger partial charge in [0.1, 0.15) is 12.2 Å². The highest BCUT2D eigenvalue weighted by Crippen LogP contribution is 2.16. The van der Waals surface area contributed by atoms with Gasteiger partial charge in [-0.05, 0) is 48.2 Å². The second-order valence-corrected chi connectivity index (χ2v) is 8.99. The molecule has 0 aliphatic carbocycles. The first-order valence-corrected chi connectivity index (χ1v) is 12.4. The molecule has 0 bridgehead atoms. The Labute approximate surface area is 221 Å². The van der Waals surface area contributed by atoms with E-state index < -0.39 is 36.1 Å². The van der Waals surface area contributed by atoms with Gasteiger partial charge >= 0.3 is 0 Å². The number of aliphatic hydroxyl groups excluding tert-OH is 2. The maximum absolute atomic E-state index is 13.0. The van der Waals surface area contributed by atoms with Crippen molar-refractivity contribution in [1.29, 1.82) is 0 Å². The number of hydrogen-bond donors (Lipinski definition) is 4. The molecule has 0 aliphatic rings. The van der Waals surface area contributed by atoms with E-state index in [4.69, 9.17) is 0 Å². The second kappa shape index (κ2) is 13.2. The van der Waals surface area contributed by atoms with E-state index in [-0.39, 0.29) is 12.8 Å². The Kier molecular flexibility index (Phi) is 9.28. The van der Waals surface area contributed by atoms with Crippen LogP contribution < -0.4 is 10.6 Å². The van der Waals surface area contributed by atoms with Gasteiger partial charge in [-0.3, -0.25) is 19.6 Å². The average Bonchev–Trinajstić information content (AvgIpc) is 2.97. The number of carbonyl (C=O) groups excluding carboxylic acids is 2. The summed E-state index contributed by atoms with van der Waals surface area (Å²) in [5.41, 5.74) is 2.51. The van der Waals surface area contributed by atoms with E-state index in [0.717, 1.165) is 11.1 Å². The molecule has 4 N–H and O–H groups in total. The number of pyridine rings is 2. The minimum atomic E-state index is -1.40. The monoisotopic (exact) mass is 510 g/mol. The fraction of sp³-hybridized carbons (Fsp3) is 0.200. The molecule has 2 aromatic heterocycles. The maximum Gasteiger partial charge on any atom is 0.251 e. The summed E-state index contributed by atoms with van der Waals surface area (Å²) in [5, 5.41) is 28.6. The zero-order chi connectivity index (χ0) is 26.7. The van der Waals surface area contributed by atoms with Crippen molar-refractivity contribution in [2.75, 3.05) is 0 Å². The standard InChI is InChI=1S/C30H30N4O4/c35-27(25(19-21-7-3-1-4-8-21)33-29(37)23-11-15-31-16-12-23)28(36)26(20-22-9-5-2-6-10-22)34-30(38)24-13-17-32-18-14-24/h1-18,25-28,35-36H,19-20H2,(H,33,37)(H,34,38). The summed E-state index contributed by atoms with van der Waals surface area (Å²) in [6.45, 7) is 0. The smallest absolute Gasteiger partial charge is 0.251 e. The van der Waals surface area contributed by atoms with Crippen LogP contribution in [0.5, 0.6) is 0 Å². The highest BCUT2D eigenvalue weighted by molar-refractivity contribution is 5.94. The number of amides is 2. The van der Waals surface area contributed by atoms with E-state index in [1.165, 1.54) is 24.8 Å². The van der Waals surface area contributed by atoms with Crippen LogP contribution in [-0.4, -0.2) is 56.3 Å². The van der Waals surface area contributed by atoms with E-state index in [1.807, 2.05) is 60.7 Å². The van der Waals surface area contributed by atoms with Gasteiger partial charge in [0.2, 0.25) is 0 Å². The van der Waals surface area contributed by atoms with Crippen LogP contribution in [0, 0.1) is 0 Å². The van der Waals surface area contributed by atoms with Gasteiger partial charge in [-0.2, -0.15) is 0 Å². The van der Waals surface area contributed by atoms with Crippen molar-refractivity contribution in [2.24, 2.45) is 0 Å². The first-order chi connectivity index (χ1) is 18.5. The number of aromatic nitrogens is 2. The number of nitrogens with zero attached hydrogens (tertiary/aromatic N) is 2. The molecule has 0 radical (unpaired) electrons. The van der Waals surface area contributed by atoms with Crippen molar-refractivity contribution < 1.29 is 19.8 Å². The molecule has 4 aromatic rings. The van der Waals surface area contributed by atoms with Crippen LogP contribution in [0.15, 0.2) is 110 Å². The van der Waals surface area contributed by atoms with E-state index in [9.17, 15) is 19.8 Å². The molecule has 8 heteroatoms. The molecule has 0 spiro atoms. The largest absolute Gasteiger partial charge is 0.388 e. The summed E-state index contributed by atoms with van der Waals surface area (Å²) in [6, 6.07) is 23.4. The lowest BCUT2D eigenvalue weighted by atomic mass is 9.90. The Hall–Kier alpha value is -4.40. The fourth-order valence-corrected chi connectivity index (χ4v) is 4.24. The van der Waals surface area contributed by atoms with Crippen molar-refractivity contribution >= 4 is 11.8 Å². The van der Waals surface area contributed by atoms with Gasteiger partial charge < -0.3 is 20.8 Å². The van der Waals surface area contributed by atoms with E-state index in [2.05, 4.69) is 20.6 Å². The van der Waals surface area contributed by atoms with E-state index >= 15 is 0 Å². The summed E-state index contributed by atoms with van der Waals surface area (Å²) in [4.78, 5) is 33.9. The molecule has 0 saturated heterocycles. The third kappa shape index (κ3) is 7.32. The molecule has 2 aromatic carbocycles. The Morgan fingerprint density at radius 2 is 0.921 bits per heavy atom. The Balaban J connectivity index is 1.59. The third-order valence-electron chi connectivity index (χ3n) is 6.29. The van der Waals surface area contributed by atoms with Gasteiger partial charge in [0, 0.05) is 35.9 Å². The molecule has 0 aliphatic heterocycles. The van der Waals surface area contributed by atoms with E-state index in [0.29, 0.717) is 11.1 Å². The van der Waals surface area contributed by atoms with Crippen molar-refractivity contribution in [2.45, 2.75) is 37.1 Å². The van der Waals surface area contributed by atoms with Crippen LogP contribution in [0.25, 0.3) is 0 Å². The topological polar surface area (TPSA) is 124 Å². The van der Waals surface area contributed by atoms with Crippen LogP contribution in [0.4, 0.5) is 0 Å². The number of aliphatic hydroxyl groups is 2. The highest BCUT2D eigenvalue weighted by atomic mass is 16.3. The molecular formula is C30H30N4O4. The van der Waals surface area contributed by atoms with Crippen molar-refractivity contribution in [3.8, 4) is 0 Å². The van der Waals surface area contributed by atoms with Crippen LogP contribution in [0.1, 0.15) is 31.8 Å². The lowest BCUT2D eigenvalue weighted by molar-refractivity contribution is -0.0219. The van der Waals surface area contributed by atoms with Crippen LogP contribution in [0.3, 0.4) is 0 Å². The summed E-state index contributed by atoms with van der Waals surface area (Å²) < 4.78 is 0. The average molecular weight is 511 g/mol. The molecule has 4 rings (SSSR count). The first-order valence-electron chi connectivity index (χ1n) is 12.4. The fourth-order valence-electron chi connectivity index (χ4n) is 4.24. The summed E-state index contributed by atoms with van der Waals surface area (Å²) in [6.07, 6.45) is 3.79. The van der Waals surface area contributed by atoms with Crippen LogP contribution in [0.2, 0.25) is 0 Å². The number of hydrogen-bond acceptors (Lipinski definition) is 6. The molecule has 4 atom stereocenters. The zero-order valence-electron chi connectivity index (χ0n) is 20.7. The van der Waals surface area contributed by atoms with Gasteiger partial charge in [-0.25, -0.2) is 0 Å². The zero-order valence-corrected chi connectivity index (χ0v) is 20.7. The minimum absolute atomic E-state index is 0.270. The molecule has 4 unspecified atom stereocenters. The van der Waals surface area contributed by atoms with Crippen LogP contribution >= 0.6 is 0 Å². The SMILES string of the molecule is O=C(NC(Cc1ccccc1)C(O)C(O)C(Cc1ccccc1)NC(=O)c1ccncc1)c1ccncc1.